The summed E-state index contributed by atoms with van der Waals surface area (Å²) < 4.78 is 7.31. The van der Waals surface area contributed by atoms with Crippen molar-refractivity contribution in [1.29, 1.82) is 0 Å². The number of nitrogens with one attached hydrogen (secondary N) is 1. The number of aromatic nitrogens is 3. The fourth-order valence-corrected chi connectivity index (χ4v) is 3.33. The first-order valence-electron chi connectivity index (χ1n) is 8.87. The van der Waals surface area contributed by atoms with Crippen molar-refractivity contribution < 1.29 is 9.32 Å². The van der Waals surface area contributed by atoms with Crippen LogP contribution in [-0.2, 0) is 0 Å². The minimum atomic E-state index is -0.0886. The third-order valence-electron chi connectivity index (χ3n) is 4.59. The van der Waals surface area contributed by atoms with Crippen molar-refractivity contribution in [3.05, 3.63) is 65.8 Å². The van der Waals surface area contributed by atoms with Crippen LogP contribution in [0.5, 0.6) is 0 Å². The highest BCUT2D eigenvalue weighted by Gasteiger charge is 2.13. The van der Waals surface area contributed by atoms with Gasteiger partial charge in [0.25, 0.3) is 5.91 Å². The molecule has 0 bridgehead atoms. The molecule has 0 aliphatic rings. The van der Waals surface area contributed by atoms with Gasteiger partial charge in [-0.1, -0.05) is 17.3 Å². The van der Waals surface area contributed by atoms with Gasteiger partial charge in [-0.3, -0.25) is 9.36 Å². The van der Waals surface area contributed by atoms with E-state index in [0.717, 1.165) is 39.3 Å². The van der Waals surface area contributed by atoms with Crippen molar-refractivity contribution in [2.45, 2.75) is 20.8 Å². The van der Waals surface area contributed by atoms with Gasteiger partial charge in [-0.2, -0.15) is 0 Å². The monoisotopic (exact) mass is 360 g/mol. The fraction of sp³-hybridized carbons (Fsp3) is 0.190. The van der Waals surface area contributed by atoms with E-state index >= 15 is 0 Å². The molecule has 6 nitrogen and oxygen atoms in total. The molecule has 0 aliphatic carbocycles. The number of hydrogen-bond donors (Lipinski definition) is 1. The summed E-state index contributed by atoms with van der Waals surface area (Å²) in [5.41, 5.74) is 6.25. The van der Waals surface area contributed by atoms with E-state index in [0.29, 0.717) is 12.1 Å². The topological polar surface area (TPSA) is 73.0 Å². The average Bonchev–Trinajstić information content (AvgIpc) is 3.24. The number of nitrogens with zero attached hydrogens (tertiary/aromatic N) is 3. The Hall–Kier alpha value is -3.41. The predicted octanol–water partition coefficient (Wildman–Crippen LogP) is 4.05. The van der Waals surface area contributed by atoms with E-state index in [1.807, 2.05) is 61.7 Å². The summed E-state index contributed by atoms with van der Waals surface area (Å²) in [6.45, 7) is 6.35. The van der Waals surface area contributed by atoms with E-state index in [9.17, 15) is 4.79 Å². The maximum atomic E-state index is 12.0. The van der Waals surface area contributed by atoms with Crippen molar-refractivity contribution in [3.63, 3.8) is 0 Å². The van der Waals surface area contributed by atoms with Crippen molar-refractivity contribution in [2.24, 2.45) is 0 Å². The Morgan fingerprint density at radius 1 is 1.19 bits per heavy atom. The van der Waals surface area contributed by atoms with Crippen LogP contribution < -0.4 is 5.32 Å². The Kier molecular flexibility index (Phi) is 4.24. The summed E-state index contributed by atoms with van der Waals surface area (Å²) in [6, 6.07) is 13.7. The summed E-state index contributed by atoms with van der Waals surface area (Å²) in [4.78, 5) is 16.5. The van der Waals surface area contributed by atoms with Crippen molar-refractivity contribution in [1.82, 2.24) is 20.0 Å². The van der Waals surface area contributed by atoms with Crippen LogP contribution in [0.15, 0.2) is 53.3 Å². The van der Waals surface area contributed by atoms with Crippen molar-refractivity contribution in [3.8, 4) is 16.8 Å². The van der Waals surface area contributed by atoms with Crippen molar-refractivity contribution >= 4 is 16.9 Å². The summed E-state index contributed by atoms with van der Waals surface area (Å²) in [5, 5.41) is 6.85. The van der Waals surface area contributed by atoms with Crippen LogP contribution in [-0.4, -0.2) is 27.2 Å². The fourth-order valence-electron chi connectivity index (χ4n) is 3.33. The zero-order valence-corrected chi connectivity index (χ0v) is 15.5. The Balaban J connectivity index is 1.77. The van der Waals surface area contributed by atoms with Gasteiger partial charge in [0.1, 0.15) is 12.1 Å². The van der Waals surface area contributed by atoms with Gasteiger partial charge in [0.15, 0.2) is 0 Å². The van der Waals surface area contributed by atoms with Crippen LogP contribution >= 0.6 is 0 Å². The molecule has 0 spiro atoms. The minimum Gasteiger partial charge on any atom is -0.361 e. The molecule has 0 radical (unpaired) electrons. The van der Waals surface area contributed by atoms with Crippen LogP contribution in [0.3, 0.4) is 0 Å². The lowest BCUT2D eigenvalue weighted by atomic mass is 10.0. The van der Waals surface area contributed by atoms with Crippen molar-refractivity contribution in [2.75, 3.05) is 6.54 Å². The SMILES string of the molecule is CCNC(=O)c1ccc2c(c1)ncn2-c1cccc(-c2c(C)noc2C)c1. The average molecular weight is 360 g/mol. The number of carbonyl (C=O) groups is 1. The number of fused-ring (bicyclic) bond motifs is 1. The zero-order chi connectivity index (χ0) is 19.0. The Labute approximate surface area is 156 Å². The molecule has 0 unspecified atom stereocenters. The molecular weight excluding hydrogens is 340 g/mol. The molecule has 4 aromatic rings. The normalized spacial score (nSPS) is 11.1. The molecule has 0 fully saturated rings. The number of imidazole rings is 1. The molecule has 136 valence electrons. The molecule has 6 heteroatoms. The van der Waals surface area contributed by atoms with Crippen LogP contribution in [0.25, 0.3) is 27.8 Å². The first-order valence-corrected chi connectivity index (χ1v) is 8.87. The van der Waals surface area contributed by atoms with Crippen LogP contribution in [0.4, 0.5) is 0 Å². The largest absolute Gasteiger partial charge is 0.361 e. The molecule has 0 atom stereocenters. The molecule has 0 saturated carbocycles. The number of rotatable bonds is 4. The molecule has 2 heterocycles. The van der Waals surface area contributed by atoms with Crippen LogP contribution in [0.1, 0.15) is 28.7 Å². The van der Waals surface area contributed by atoms with E-state index in [1.54, 1.807) is 6.33 Å². The Bertz CT molecular complexity index is 1120. The number of benzene rings is 2. The molecule has 4 rings (SSSR count). The molecule has 2 aromatic carbocycles. The summed E-state index contributed by atoms with van der Waals surface area (Å²) >= 11 is 0. The van der Waals surface area contributed by atoms with Gasteiger partial charge < -0.3 is 9.84 Å². The Morgan fingerprint density at radius 3 is 2.78 bits per heavy atom. The first-order chi connectivity index (χ1) is 13.1. The first kappa shape index (κ1) is 17.0. The second-order valence-corrected chi connectivity index (χ2v) is 6.43. The molecule has 27 heavy (non-hydrogen) atoms. The summed E-state index contributed by atoms with van der Waals surface area (Å²) in [6.07, 6.45) is 1.78. The lowest BCUT2D eigenvalue weighted by Gasteiger charge is -2.08. The maximum absolute atomic E-state index is 12.0. The molecular formula is C21H20N4O2. The highest BCUT2D eigenvalue weighted by atomic mass is 16.5. The molecule has 1 N–H and O–H groups in total. The lowest BCUT2D eigenvalue weighted by Crippen LogP contribution is -2.22. The zero-order valence-electron chi connectivity index (χ0n) is 15.5. The maximum Gasteiger partial charge on any atom is 0.251 e. The third-order valence-corrected chi connectivity index (χ3v) is 4.59. The molecule has 2 aromatic heterocycles. The quantitative estimate of drug-likeness (QED) is 0.596. The van der Waals surface area contributed by atoms with Gasteiger partial charge in [-0.15, -0.1) is 0 Å². The van der Waals surface area contributed by atoms with Gasteiger partial charge in [-0.05, 0) is 56.7 Å². The summed E-state index contributed by atoms with van der Waals surface area (Å²) in [7, 11) is 0. The smallest absolute Gasteiger partial charge is 0.251 e. The van der Waals surface area contributed by atoms with E-state index in [2.05, 4.69) is 21.5 Å². The standard InChI is InChI=1S/C21H20N4O2/c1-4-22-21(26)16-8-9-19-18(11-16)23-12-25(19)17-7-5-6-15(10-17)20-13(2)24-27-14(20)3/h5-12H,4H2,1-3H3,(H,22,26). The second-order valence-electron chi connectivity index (χ2n) is 6.43. The van der Waals surface area contributed by atoms with Gasteiger partial charge in [0, 0.05) is 23.4 Å². The van der Waals surface area contributed by atoms with Crippen LogP contribution in [0.2, 0.25) is 0 Å². The predicted molar refractivity (Wildman–Crippen MR) is 104 cm³/mol. The molecule has 1 amide bonds. The van der Waals surface area contributed by atoms with Gasteiger partial charge >= 0.3 is 0 Å². The van der Waals surface area contributed by atoms with Gasteiger partial charge in [-0.25, -0.2) is 4.98 Å². The number of amides is 1. The third kappa shape index (κ3) is 2.99. The highest BCUT2D eigenvalue weighted by Crippen LogP contribution is 2.29. The number of carbonyl (C=O) groups excluding carboxylic acids is 1. The van der Waals surface area contributed by atoms with E-state index in [-0.39, 0.29) is 5.91 Å². The Morgan fingerprint density at radius 2 is 2.04 bits per heavy atom. The van der Waals surface area contributed by atoms with Gasteiger partial charge in [0.2, 0.25) is 0 Å². The lowest BCUT2D eigenvalue weighted by molar-refractivity contribution is 0.0956. The molecule has 0 saturated heterocycles. The van der Waals surface area contributed by atoms with E-state index in [1.165, 1.54) is 0 Å². The minimum absolute atomic E-state index is 0.0886. The van der Waals surface area contributed by atoms with Gasteiger partial charge in [0.05, 0.1) is 16.7 Å². The summed E-state index contributed by atoms with van der Waals surface area (Å²) in [5.74, 6) is 0.709. The van der Waals surface area contributed by atoms with E-state index in [4.69, 9.17) is 4.52 Å². The number of hydrogen-bond acceptors (Lipinski definition) is 4. The number of aryl methyl sites for hydroxylation is 2. The van der Waals surface area contributed by atoms with E-state index < -0.39 is 0 Å². The molecule has 0 aliphatic heterocycles. The van der Waals surface area contributed by atoms with Crippen LogP contribution in [0, 0.1) is 13.8 Å². The highest BCUT2D eigenvalue weighted by molar-refractivity contribution is 5.97. The second kappa shape index (κ2) is 6.72.